The van der Waals surface area contributed by atoms with Crippen LogP contribution in [0.2, 0.25) is 0 Å². The molecule has 1 aliphatic rings. The molecule has 2 unspecified atom stereocenters. The molecule has 1 aliphatic heterocycles. The second-order valence-corrected chi connectivity index (χ2v) is 4.40. The van der Waals surface area contributed by atoms with Gasteiger partial charge in [0.1, 0.15) is 5.75 Å². The van der Waals surface area contributed by atoms with Crippen LogP contribution in [0.4, 0.5) is 0 Å². The Balaban J connectivity index is 2.36. The minimum atomic E-state index is -1.78. The summed E-state index contributed by atoms with van der Waals surface area (Å²) >= 11 is 0. The summed E-state index contributed by atoms with van der Waals surface area (Å²) in [6.45, 7) is 4.56. The molecule has 1 fully saturated rings. The molecule has 2 rings (SSSR count). The molecule has 2 atom stereocenters. The molecule has 6 heteroatoms. The summed E-state index contributed by atoms with van der Waals surface area (Å²) in [5.41, 5.74) is -1.78. The zero-order chi connectivity index (χ0) is 15.5. The molecule has 1 heterocycles. The first kappa shape index (κ1) is 14.6. The van der Waals surface area contributed by atoms with E-state index in [0.29, 0.717) is 5.75 Å². The fourth-order valence-corrected chi connectivity index (χ4v) is 1.83. The van der Waals surface area contributed by atoms with Crippen LogP contribution in [-0.2, 0) is 23.9 Å². The van der Waals surface area contributed by atoms with E-state index in [1.54, 1.807) is 30.3 Å². The quantitative estimate of drug-likeness (QED) is 0.470. The van der Waals surface area contributed by atoms with E-state index in [0.717, 1.165) is 6.08 Å². The number of carbonyl (C=O) groups is 2. The number of esters is 2. The summed E-state index contributed by atoms with van der Waals surface area (Å²) in [5.74, 6) is -0.232. The van der Waals surface area contributed by atoms with Crippen molar-refractivity contribution in [3.63, 3.8) is 0 Å². The number of hydrogen-bond donors (Lipinski definition) is 0. The van der Waals surface area contributed by atoms with Crippen molar-refractivity contribution in [1.82, 2.24) is 0 Å². The Kier molecular flexibility index (Phi) is 3.91. The van der Waals surface area contributed by atoms with E-state index in [-0.39, 0.29) is 5.76 Å². The number of rotatable bonds is 4. The average Bonchev–Trinajstić information content (AvgIpc) is 2.72. The lowest BCUT2D eigenvalue weighted by molar-refractivity contribution is -0.171. The van der Waals surface area contributed by atoms with E-state index in [1.165, 1.54) is 12.9 Å². The van der Waals surface area contributed by atoms with E-state index in [9.17, 15) is 14.4 Å². The molecule has 21 heavy (non-hydrogen) atoms. The van der Waals surface area contributed by atoms with E-state index >= 15 is 0 Å². The number of hydrogen-bond acceptors (Lipinski definition) is 6. The second-order valence-electron chi connectivity index (χ2n) is 4.40. The first-order valence-corrected chi connectivity index (χ1v) is 6.05. The topological polar surface area (TPSA) is 78.9 Å². The molecule has 0 aliphatic carbocycles. The Labute approximate surface area is 120 Å². The van der Waals surface area contributed by atoms with Gasteiger partial charge in [-0.2, -0.15) is 0 Å². The van der Waals surface area contributed by atoms with E-state index in [4.69, 9.17) is 14.2 Å². The molecule has 0 amide bonds. The third kappa shape index (κ3) is 2.70. The van der Waals surface area contributed by atoms with Gasteiger partial charge in [0.15, 0.2) is 5.94 Å². The van der Waals surface area contributed by atoms with E-state index < -0.39 is 23.6 Å². The number of cyclic esters (lactones) is 1. The van der Waals surface area contributed by atoms with Crippen LogP contribution in [0.5, 0.6) is 5.75 Å². The van der Waals surface area contributed by atoms with Crippen molar-refractivity contribution in [2.24, 2.45) is 0 Å². The lowest BCUT2D eigenvalue weighted by Gasteiger charge is -2.25. The van der Waals surface area contributed by atoms with Gasteiger partial charge in [-0.3, -0.25) is 0 Å². The van der Waals surface area contributed by atoms with Crippen molar-refractivity contribution in [3.8, 4) is 5.75 Å². The molecule has 0 spiro atoms. The maximum atomic E-state index is 11.9. The first-order valence-electron chi connectivity index (χ1n) is 6.05. The van der Waals surface area contributed by atoms with Crippen LogP contribution in [0.1, 0.15) is 6.92 Å². The Morgan fingerprint density at radius 3 is 2.67 bits per heavy atom. The Morgan fingerprint density at radius 1 is 1.43 bits per heavy atom. The predicted octanol–water partition coefficient (Wildman–Crippen LogP) is 1.19. The van der Waals surface area contributed by atoms with Crippen LogP contribution in [-0.4, -0.2) is 29.6 Å². The molecule has 6 nitrogen and oxygen atoms in total. The van der Waals surface area contributed by atoms with Crippen molar-refractivity contribution in [3.05, 3.63) is 48.7 Å². The minimum absolute atomic E-state index is 0.372. The molecule has 108 valence electrons. The van der Waals surface area contributed by atoms with E-state index in [1.807, 2.05) is 0 Å². The second kappa shape index (κ2) is 5.64. The van der Waals surface area contributed by atoms with Crippen molar-refractivity contribution in [2.45, 2.75) is 18.6 Å². The van der Waals surface area contributed by atoms with Crippen LogP contribution in [0.15, 0.2) is 48.7 Å². The third-order valence-corrected chi connectivity index (χ3v) is 2.92. The summed E-state index contributed by atoms with van der Waals surface area (Å²) in [6.07, 6.45) is -0.311. The summed E-state index contributed by atoms with van der Waals surface area (Å²) in [5, 5.41) is 0. The Morgan fingerprint density at radius 2 is 2.10 bits per heavy atom. The van der Waals surface area contributed by atoms with Gasteiger partial charge < -0.3 is 14.2 Å². The molecule has 0 radical (unpaired) electrons. The largest absolute Gasteiger partial charge is 0.477 e. The molecular formula is C15H12O6. The van der Waals surface area contributed by atoms with Crippen LogP contribution < -0.4 is 4.74 Å². The molecule has 1 aromatic carbocycles. The minimum Gasteiger partial charge on any atom is -0.477 e. The predicted molar refractivity (Wildman–Crippen MR) is 70.9 cm³/mol. The fraction of sp³-hybridized carbons (Fsp3) is 0.200. The number of benzene rings is 1. The van der Waals surface area contributed by atoms with Gasteiger partial charge in [-0.1, -0.05) is 24.8 Å². The highest BCUT2D eigenvalue weighted by Crippen LogP contribution is 2.34. The van der Waals surface area contributed by atoms with Gasteiger partial charge in [0.05, 0.1) is 0 Å². The van der Waals surface area contributed by atoms with Crippen LogP contribution in [0.25, 0.3) is 0 Å². The highest BCUT2D eigenvalue weighted by Gasteiger charge is 2.58. The smallest absolute Gasteiger partial charge is 0.360 e. The lowest BCUT2D eigenvalue weighted by atomic mass is 10.0. The van der Waals surface area contributed by atoms with Crippen molar-refractivity contribution < 1.29 is 28.6 Å². The Hall–Kier alpha value is -2.85. The number of para-hydroxylation sites is 1. The highest BCUT2D eigenvalue weighted by atomic mass is 16.7. The van der Waals surface area contributed by atoms with E-state index in [2.05, 4.69) is 6.58 Å². The normalized spacial score (nSPS) is 24.0. The molecule has 0 saturated carbocycles. The zero-order valence-corrected chi connectivity index (χ0v) is 11.2. The van der Waals surface area contributed by atoms with Gasteiger partial charge in [0, 0.05) is 6.08 Å². The van der Waals surface area contributed by atoms with Crippen LogP contribution in [0, 0.1) is 0 Å². The third-order valence-electron chi connectivity index (χ3n) is 2.92. The molecule has 0 N–H and O–H groups in total. The van der Waals surface area contributed by atoms with Gasteiger partial charge >= 0.3 is 11.9 Å². The zero-order valence-electron chi connectivity index (χ0n) is 11.2. The van der Waals surface area contributed by atoms with Crippen molar-refractivity contribution in [2.75, 3.05) is 0 Å². The SMILES string of the molecule is C=CC(=O)OC1(C)C(=O)OC(=C=O)C1Oc1ccccc1. The molecule has 0 bridgehead atoms. The number of ether oxygens (including phenoxy) is 3. The summed E-state index contributed by atoms with van der Waals surface area (Å²) in [7, 11) is 0. The first-order chi connectivity index (χ1) is 10.0. The van der Waals surface area contributed by atoms with Gasteiger partial charge in [-0.05, 0) is 19.1 Å². The summed E-state index contributed by atoms with van der Waals surface area (Å²) < 4.78 is 15.3. The molecule has 1 saturated heterocycles. The average molecular weight is 288 g/mol. The van der Waals surface area contributed by atoms with Crippen LogP contribution in [0.3, 0.4) is 0 Å². The van der Waals surface area contributed by atoms with Gasteiger partial charge in [-0.15, -0.1) is 0 Å². The standard InChI is InChI=1S/C15H12O6/c1-3-12(17)21-15(2)13(11(9-16)20-14(15)18)19-10-7-5-4-6-8-10/h3-8,13H,1H2,2H3. The summed E-state index contributed by atoms with van der Waals surface area (Å²) in [6, 6.07) is 8.45. The van der Waals surface area contributed by atoms with Crippen molar-refractivity contribution in [1.29, 1.82) is 0 Å². The van der Waals surface area contributed by atoms with Crippen LogP contribution >= 0.6 is 0 Å². The maximum Gasteiger partial charge on any atom is 0.360 e. The summed E-state index contributed by atoms with van der Waals surface area (Å²) in [4.78, 5) is 34.2. The lowest BCUT2D eigenvalue weighted by Crippen LogP contribution is -2.48. The van der Waals surface area contributed by atoms with Gasteiger partial charge in [0.2, 0.25) is 11.9 Å². The Bertz CT molecular complexity index is 629. The van der Waals surface area contributed by atoms with Gasteiger partial charge in [-0.25, -0.2) is 14.4 Å². The fourth-order valence-electron chi connectivity index (χ4n) is 1.83. The van der Waals surface area contributed by atoms with Crippen molar-refractivity contribution >= 4 is 17.9 Å². The van der Waals surface area contributed by atoms with Gasteiger partial charge in [0.25, 0.3) is 5.60 Å². The molecule has 1 aromatic rings. The highest BCUT2D eigenvalue weighted by molar-refractivity contribution is 5.91. The monoisotopic (exact) mass is 288 g/mol. The molecule has 0 aromatic heterocycles. The maximum absolute atomic E-state index is 11.9. The molecular weight excluding hydrogens is 276 g/mol. The number of carbonyl (C=O) groups excluding carboxylic acids is 3.